The van der Waals surface area contributed by atoms with Crippen molar-refractivity contribution in [2.75, 3.05) is 6.61 Å². The standard InChI is InChI=1S/C12H14N2O6/c1-2-10(12(16)17)13-11(15)7-20-9-5-3-8(4-6-9)14(18)19/h3-6,10H,2,7H2,1H3,(H,13,15)(H,16,17)/t10-/m0/s1. The Kier molecular flexibility index (Phi) is 5.45. The molecule has 2 N–H and O–H groups in total. The van der Waals surface area contributed by atoms with E-state index in [9.17, 15) is 19.7 Å². The van der Waals surface area contributed by atoms with E-state index in [0.29, 0.717) is 0 Å². The Hall–Kier alpha value is -2.64. The first kappa shape index (κ1) is 15.4. The fourth-order valence-corrected chi connectivity index (χ4v) is 1.39. The molecule has 0 aliphatic carbocycles. The first-order valence-corrected chi connectivity index (χ1v) is 5.83. The molecular formula is C12H14N2O6. The molecule has 0 saturated heterocycles. The lowest BCUT2D eigenvalue weighted by Gasteiger charge is -2.12. The van der Waals surface area contributed by atoms with Gasteiger partial charge in [0, 0.05) is 12.1 Å². The molecule has 108 valence electrons. The van der Waals surface area contributed by atoms with Gasteiger partial charge in [0.05, 0.1) is 4.92 Å². The maximum atomic E-state index is 11.5. The Labute approximate surface area is 114 Å². The number of hydrogen-bond acceptors (Lipinski definition) is 5. The molecule has 0 aliphatic rings. The lowest BCUT2D eigenvalue weighted by Crippen LogP contribution is -2.42. The second-order valence-corrected chi connectivity index (χ2v) is 3.91. The van der Waals surface area contributed by atoms with Crippen molar-refractivity contribution in [1.82, 2.24) is 5.32 Å². The third-order valence-corrected chi connectivity index (χ3v) is 2.46. The van der Waals surface area contributed by atoms with Gasteiger partial charge in [-0.05, 0) is 18.6 Å². The molecule has 1 amide bonds. The zero-order valence-electron chi connectivity index (χ0n) is 10.7. The number of nitro benzene ring substituents is 1. The molecule has 0 unspecified atom stereocenters. The van der Waals surface area contributed by atoms with E-state index in [4.69, 9.17) is 9.84 Å². The van der Waals surface area contributed by atoms with Crippen LogP contribution in [0.25, 0.3) is 0 Å². The second kappa shape index (κ2) is 7.07. The minimum Gasteiger partial charge on any atom is -0.484 e. The van der Waals surface area contributed by atoms with Crippen molar-refractivity contribution in [3.63, 3.8) is 0 Å². The van der Waals surface area contributed by atoms with Gasteiger partial charge < -0.3 is 15.2 Å². The van der Waals surface area contributed by atoms with E-state index in [1.54, 1.807) is 6.92 Å². The molecule has 1 aromatic rings. The predicted octanol–water partition coefficient (Wildman–Crippen LogP) is 0.953. The number of rotatable bonds is 7. The zero-order chi connectivity index (χ0) is 15.1. The van der Waals surface area contributed by atoms with Gasteiger partial charge in [-0.25, -0.2) is 4.79 Å². The summed E-state index contributed by atoms with van der Waals surface area (Å²) in [6, 6.07) is 4.27. The van der Waals surface area contributed by atoms with Gasteiger partial charge in [0.1, 0.15) is 11.8 Å². The first-order chi connectivity index (χ1) is 9.43. The summed E-state index contributed by atoms with van der Waals surface area (Å²) in [6.45, 7) is 1.28. The summed E-state index contributed by atoms with van der Waals surface area (Å²) in [6.07, 6.45) is 0.263. The Bertz CT molecular complexity index is 499. The Balaban J connectivity index is 2.48. The Morgan fingerprint density at radius 2 is 2.00 bits per heavy atom. The monoisotopic (exact) mass is 282 g/mol. The highest BCUT2D eigenvalue weighted by atomic mass is 16.6. The topological polar surface area (TPSA) is 119 Å². The van der Waals surface area contributed by atoms with Gasteiger partial charge in [-0.2, -0.15) is 0 Å². The molecule has 1 atom stereocenters. The molecule has 1 rings (SSSR count). The van der Waals surface area contributed by atoms with Crippen LogP contribution in [0.4, 0.5) is 5.69 Å². The molecule has 0 radical (unpaired) electrons. The third kappa shape index (κ3) is 4.56. The van der Waals surface area contributed by atoms with Crippen molar-refractivity contribution in [1.29, 1.82) is 0 Å². The van der Waals surface area contributed by atoms with Gasteiger partial charge in [0.25, 0.3) is 11.6 Å². The molecule has 1 aromatic carbocycles. The number of amides is 1. The van der Waals surface area contributed by atoms with E-state index >= 15 is 0 Å². The summed E-state index contributed by atoms with van der Waals surface area (Å²) < 4.78 is 5.10. The molecular weight excluding hydrogens is 268 g/mol. The normalized spacial score (nSPS) is 11.4. The van der Waals surface area contributed by atoms with Gasteiger partial charge in [0.15, 0.2) is 6.61 Å². The number of aliphatic carboxylic acids is 1. The van der Waals surface area contributed by atoms with E-state index in [1.165, 1.54) is 24.3 Å². The van der Waals surface area contributed by atoms with E-state index < -0.39 is 22.8 Å². The van der Waals surface area contributed by atoms with Crippen LogP contribution in [-0.2, 0) is 9.59 Å². The number of carboxylic acids is 1. The van der Waals surface area contributed by atoms with Crippen molar-refractivity contribution in [3.8, 4) is 5.75 Å². The number of benzene rings is 1. The van der Waals surface area contributed by atoms with Gasteiger partial charge in [0.2, 0.25) is 0 Å². The quantitative estimate of drug-likeness (QED) is 0.567. The number of carbonyl (C=O) groups excluding carboxylic acids is 1. The van der Waals surface area contributed by atoms with Crippen molar-refractivity contribution >= 4 is 17.6 Å². The smallest absolute Gasteiger partial charge is 0.326 e. The van der Waals surface area contributed by atoms with E-state index in [-0.39, 0.29) is 24.5 Å². The van der Waals surface area contributed by atoms with Crippen LogP contribution in [0.2, 0.25) is 0 Å². The number of nitro groups is 1. The average molecular weight is 282 g/mol. The molecule has 0 saturated carbocycles. The lowest BCUT2D eigenvalue weighted by atomic mass is 10.2. The Morgan fingerprint density at radius 3 is 2.45 bits per heavy atom. The SMILES string of the molecule is CC[C@H](NC(=O)COc1ccc([N+](=O)[O-])cc1)C(=O)O. The van der Waals surface area contributed by atoms with E-state index in [1.807, 2.05) is 0 Å². The summed E-state index contributed by atoms with van der Waals surface area (Å²) in [4.78, 5) is 32.1. The van der Waals surface area contributed by atoms with E-state index in [2.05, 4.69) is 5.32 Å². The molecule has 8 heteroatoms. The Morgan fingerprint density at radius 1 is 1.40 bits per heavy atom. The summed E-state index contributed by atoms with van der Waals surface area (Å²) in [7, 11) is 0. The summed E-state index contributed by atoms with van der Waals surface area (Å²) >= 11 is 0. The van der Waals surface area contributed by atoms with Crippen LogP contribution in [0.1, 0.15) is 13.3 Å². The number of nitrogens with one attached hydrogen (secondary N) is 1. The highest BCUT2D eigenvalue weighted by molar-refractivity contribution is 5.84. The number of carbonyl (C=O) groups is 2. The number of hydrogen-bond donors (Lipinski definition) is 2. The van der Waals surface area contributed by atoms with E-state index in [0.717, 1.165) is 0 Å². The van der Waals surface area contributed by atoms with Crippen molar-refractivity contribution in [3.05, 3.63) is 34.4 Å². The number of non-ortho nitro benzene ring substituents is 1. The number of nitrogens with zero attached hydrogens (tertiary/aromatic N) is 1. The average Bonchev–Trinajstić information content (AvgIpc) is 2.42. The minimum atomic E-state index is -1.11. The molecule has 0 aliphatic heterocycles. The van der Waals surface area contributed by atoms with Crippen LogP contribution in [-0.4, -0.2) is 34.6 Å². The van der Waals surface area contributed by atoms with Crippen LogP contribution in [0, 0.1) is 10.1 Å². The zero-order valence-corrected chi connectivity index (χ0v) is 10.7. The molecule has 0 heterocycles. The molecule has 0 fully saturated rings. The maximum Gasteiger partial charge on any atom is 0.326 e. The largest absolute Gasteiger partial charge is 0.484 e. The fourth-order valence-electron chi connectivity index (χ4n) is 1.39. The molecule has 0 spiro atoms. The summed E-state index contributed by atoms with van der Waals surface area (Å²) in [5.41, 5.74) is -0.0845. The second-order valence-electron chi connectivity index (χ2n) is 3.91. The summed E-state index contributed by atoms with van der Waals surface area (Å²) in [5, 5.41) is 21.5. The molecule has 20 heavy (non-hydrogen) atoms. The highest BCUT2D eigenvalue weighted by Gasteiger charge is 2.17. The van der Waals surface area contributed by atoms with Gasteiger partial charge in [-0.1, -0.05) is 6.92 Å². The van der Waals surface area contributed by atoms with Crippen molar-refractivity contribution < 1.29 is 24.4 Å². The maximum absolute atomic E-state index is 11.5. The molecule has 8 nitrogen and oxygen atoms in total. The van der Waals surface area contributed by atoms with Crippen LogP contribution in [0.15, 0.2) is 24.3 Å². The van der Waals surface area contributed by atoms with Crippen molar-refractivity contribution in [2.24, 2.45) is 0 Å². The third-order valence-electron chi connectivity index (χ3n) is 2.46. The lowest BCUT2D eigenvalue weighted by molar-refractivity contribution is -0.384. The highest BCUT2D eigenvalue weighted by Crippen LogP contribution is 2.17. The first-order valence-electron chi connectivity index (χ1n) is 5.83. The number of ether oxygens (including phenoxy) is 1. The minimum absolute atomic E-state index is 0.0845. The summed E-state index contributed by atoms with van der Waals surface area (Å²) in [5.74, 6) is -1.40. The van der Waals surface area contributed by atoms with Crippen LogP contribution in [0.3, 0.4) is 0 Å². The molecule has 0 aromatic heterocycles. The number of carboxylic acid groups (broad SMARTS) is 1. The van der Waals surface area contributed by atoms with Crippen LogP contribution < -0.4 is 10.1 Å². The van der Waals surface area contributed by atoms with Crippen LogP contribution >= 0.6 is 0 Å². The fraction of sp³-hybridized carbons (Fsp3) is 0.333. The molecule has 0 bridgehead atoms. The van der Waals surface area contributed by atoms with Gasteiger partial charge in [-0.3, -0.25) is 14.9 Å². The van der Waals surface area contributed by atoms with Crippen molar-refractivity contribution in [2.45, 2.75) is 19.4 Å². The van der Waals surface area contributed by atoms with Gasteiger partial charge >= 0.3 is 5.97 Å². The predicted molar refractivity (Wildman–Crippen MR) is 68.4 cm³/mol. The van der Waals surface area contributed by atoms with Gasteiger partial charge in [-0.15, -0.1) is 0 Å². The van der Waals surface area contributed by atoms with Crippen LogP contribution in [0.5, 0.6) is 5.75 Å².